The molecule has 0 radical (unpaired) electrons. The number of amides is 1. The van der Waals surface area contributed by atoms with Crippen molar-refractivity contribution in [1.29, 1.82) is 0 Å². The van der Waals surface area contributed by atoms with Crippen LogP contribution in [0, 0.1) is 0 Å². The Balaban J connectivity index is 1.35. The second-order valence-corrected chi connectivity index (χ2v) is 7.84. The van der Waals surface area contributed by atoms with E-state index in [-0.39, 0.29) is 19.6 Å². The Morgan fingerprint density at radius 2 is 1.70 bits per heavy atom. The van der Waals surface area contributed by atoms with E-state index >= 15 is 8.78 Å². The van der Waals surface area contributed by atoms with Gasteiger partial charge in [-0.2, -0.15) is 0 Å². The maximum atomic E-state index is 15.7. The van der Waals surface area contributed by atoms with E-state index in [9.17, 15) is 4.79 Å². The third kappa shape index (κ3) is 2.95. The average molecular weight is 407 g/mol. The van der Waals surface area contributed by atoms with E-state index in [0.717, 1.165) is 21.6 Å². The average Bonchev–Trinajstić information content (AvgIpc) is 3.13. The van der Waals surface area contributed by atoms with Crippen LogP contribution in [-0.4, -0.2) is 56.7 Å². The van der Waals surface area contributed by atoms with Gasteiger partial charge in [0, 0.05) is 32.0 Å². The van der Waals surface area contributed by atoms with Crippen LogP contribution in [0.1, 0.15) is 5.56 Å². The Morgan fingerprint density at radius 3 is 2.43 bits per heavy atom. The van der Waals surface area contributed by atoms with Crippen LogP contribution >= 0.6 is 0 Å². The molecular formula is C22H19F2N5O. The number of alkyl halides is 2. The monoisotopic (exact) mass is 407 g/mol. The van der Waals surface area contributed by atoms with E-state index in [1.807, 2.05) is 36.4 Å². The minimum atomic E-state index is -2.58. The smallest absolute Gasteiger partial charge is 0.269 e. The molecule has 6 nitrogen and oxygen atoms in total. The van der Waals surface area contributed by atoms with Crippen LogP contribution in [-0.2, 0) is 11.3 Å². The molecule has 30 heavy (non-hydrogen) atoms. The van der Waals surface area contributed by atoms with Crippen molar-refractivity contribution in [1.82, 2.24) is 19.9 Å². The molecule has 1 aromatic carbocycles. The van der Waals surface area contributed by atoms with Gasteiger partial charge in [-0.25, -0.2) is 18.7 Å². The summed E-state index contributed by atoms with van der Waals surface area (Å²) in [4.78, 5) is 27.3. The number of benzene rings is 1. The first kappa shape index (κ1) is 18.7. The molecule has 4 heterocycles. The van der Waals surface area contributed by atoms with Crippen LogP contribution in [0.15, 0.2) is 67.5 Å². The zero-order valence-corrected chi connectivity index (χ0v) is 16.1. The third-order valence-electron chi connectivity index (χ3n) is 5.82. The number of aromatic nitrogens is 3. The number of carbonyl (C=O) groups excluding carboxylic acids is 1. The minimum Gasteiger partial charge on any atom is -0.303 e. The van der Waals surface area contributed by atoms with Crippen LogP contribution in [0.3, 0.4) is 0 Å². The highest BCUT2D eigenvalue weighted by molar-refractivity contribution is 6.04. The highest BCUT2D eigenvalue weighted by Crippen LogP contribution is 2.47. The van der Waals surface area contributed by atoms with Crippen LogP contribution < -0.4 is 4.90 Å². The molecule has 0 unspecified atom stereocenters. The number of rotatable bonds is 4. The second-order valence-electron chi connectivity index (χ2n) is 7.84. The number of hydrogen-bond acceptors (Lipinski definition) is 5. The summed E-state index contributed by atoms with van der Waals surface area (Å²) in [7, 11) is 0. The first-order valence-corrected chi connectivity index (χ1v) is 9.65. The highest BCUT2D eigenvalue weighted by Gasteiger charge is 2.71. The predicted octanol–water partition coefficient (Wildman–Crippen LogP) is 2.82. The molecule has 152 valence electrons. The van der Waals surface area contributed by atoms with Gasteiger partial charge in [0.15, 0.2) is 5.67 Å². The summed E-state index contributed by atoms with van der Waals surface area (Å²) in [5.74, 6) is -0.868. The van der Waals surface area contributed by atoms with Gasteiger partial charge in [-0.3, -0.25) is 14.7 Å². The number of pyridine rings is 1. The van der Waals surface area contributed by atoms with Crippen LogP contribution in [0.25, 0.3) is 11.1 Å². The van der Waals surface area contributed by atoms with Gasteiger partial charge in [-0.15, -0.1) is 0 Å². The maximum Gasteiger partial charge on any atom is 0.269 e. The molecule has 1 amide bonds. The highest BCUT2D eigenvalue weighted by atomic mass is 19.2. The summed E-state index contributed by atoms with van der Waals surface area (Å²) in [5, 5.41) is 0. The van der Waals surface area contributed by atoms with E-state index in [2.05, 4.69) is 15.0 Å². The summed E-state index contributed by atoms with van der Waals surface area (Å²) in [5.41, 5.74) is -1.59. The molecule has 0 spiro atoms. The first-order chi connectivity index (χ1) is 14.5. The van der Waals surface area contributed by atoms with Crippen LogP contribution in [0.2, 0.25) is 0 Å². The fraction of sp³-hybridized carbons (Fsp3) is 0.273. The Kier molecular flexibility index (Phi) is 4.32. The zero-order chi connectivity index (χ0) is 20.8. The molecule has 2 aliphatic rings. The quantitative estimate of drug-likeness (QED) is 0.666. The Bertz CT molecular complexity index is 1080. The number of fused-ring (bicyclic) bond motifs is 1. The van der Waals surface area contributed by atoms with Crippen molar-refractivity contribution < 1.29 is 13.6 Å². The number of carbonyl (C=O) groups is 1. The molecule has 0 aliphatic carbocycles. The molecule has 2 saturated heterocycles. The molecule has 0 saturated carbocycles. The van der Waals surface area contributed by atoms with E-state index in [1.165, 1.54) is 18.7 Å². The molecule has 3 aromatic rings. The summed E-state index contributed by atoms with van der Waals surface area (Å²) in [6.07, 6.45) is 7.53. The first-order valence-electron chi connectivity index (χ1n) is 9.65. The van der Waals surface area contributed by atoms with E-state index in [1.54, 1.807) is 17.3 Å². The van der Waals surface area contributed by atoms with Crippen molar-refractivity contribution in [3.63, 3.8) is 0 Å². The topological polar surface area (TPSA) is 62.2 Å². The van der Waals surface area contributed by atoms with E-state index < -0.39 is 17.2 Å². The third-order valence-corrected chi connectivity index (χ3v) is 5.82. The number of nitrogens with zero attached hydrogens (tertiary/aromatic N) is 5. The molecule has 2 aromatic heterocycles. The Labute approximate surface area is 172 Å². The van der Waals surface area contributed by atoms with Gasteiger partial charge in [0.2, 0.25) is 5.67 Å². The van der Waals surface area contributed by atoms with Gasteiger partial charge in [0.1, 0.15) is 6.33 Å². The standard InChI is InChI=1S/C22H19F2N5O/c23-21-12-28(11-16-2-1-3-18(8-16)17-4-6-25-7-5-17)14-22(21,24)20(30)29(13-21)19-9-26-15-27-10-19/h1-10,15H,11-14H2/t21-,22+/m0/s1. The second kappa shape index (κ2) is 6.91. The molecule has 0 N–H and O–H groups in total. The van der Waals surface area contributed by atoms with Crippen LogP contribution in [0.4, 0.5) is 14.5 Å². The molecule has 0 bridgehead atoms. The molecule has 8 heteroatoms. The van der Waals surface area contributed by atoms with Gasteiger partial charge in [0.05, 0.1) is 24.6 Å². The lowest BCUT2D eigenvalue weighted by Crippen LogP contribution is -2.47. The summed E-state index contributed by atoms with van der Waals surface area (Å²) < 4.78 is 31.3. The van der Waals surface area contributed by atoms with Gasteiger partial charge in [0.25, 0.3) is 5.91 Å². The van der Waals surface area contributed by atoms with Crippen molar-refractivity contribution >= 4 is 11.6 Å². The van der Waals surface area contributed by atoms with Gasteiger partial charge >= 0.3 is 0 Å². The SMILES string of the molecule is O=C1N(c2cncnc2)C[C@@]2(F)CN(Cc3cccc(-c4ccncc4)c3)C[C@@]12F. The Hall–Kier alpha value is -3.26. The van der Waals surface area contributed by atoms with Crippen molar-refractivity contribution in [3.8, 4) is 11.1 Å². The summed E-state index contributed by atoms with van der Waals surface area (Å²) in [6.45, 7) is -0.424. The van der Waals surface area contributed by atoms with Gasteiger partial charge < -0.3 is 4.90 Å². The van der Waals surface area contributed by atoms with Crippen molar-refractivity contribution in [2.75, 3.05) is 24.5 Å². The number of hydrogen-bond donors (Lipinski definition) is 0. The largest absolute Gasteiger partial charge is 0.303 e. The summed E-state index contributed by atoms with van der Waals surface area (Å²) in [6, 6.07) is 11.6. The summed E-state index contributed by atoms with van der Waals surface area (Å²) >= 11 is 0. The number of halogens is 2. The van der Waals surface area contributed by atoms with Gasteiger partial charge in [-0.1, -0.05) is 18.2 Å². The number of anilines is 1. The fourth-order valence-electron chi connectivity index (χ4n) is 4.36. The van der Waals surface area contributed by atoms with E-state index in [0.29, 0.717) is 12.2 Å². The fourth-order valence-corrected chi connectivity index (χ4v) is 4.36. The number of likely N-dealkylation sites (tertiary alicyclic amines) is 1. The molecular weight excluding hydrogens is 388 g/mol. The molecule has 2 fully saturated rings. The van der Waals surface area contributed by atoms with Gasteiger partial charge in [-0.05, 0) is 34.9 Å². The molecule has 2 atom stereocenters. The maximum absolute atomic E-state index is 15.7. The van der Waals surface area contributed by atoms with E-state index in [4.69, 9.17) is 0 Å². The lowest BCUT2D eigenvalue weighted by atomic mass is 9.93. The minimum absolute atomic E-state index is 0.154. The molecule has 5 rings (SSSR count). The Morgan fingerprint density at radius 1 is 0.933 bits per heavy atom. The van der Waals surface area contributed by atoms with Crippen molar-refractivity contribution in [2.45, 2.75) is 17.9 Å². The zero-order valence-electron chi connectivity index (χ0n) is 16.1. The predicted molar refractivity (Wildman–Crippen MR) is 107 cm³/mol. The van der Waals surface area contributed by atoms with Crippen molar-refractivity contribution in [3.05, 3.63) is 73.1 Å². The van der Waals surface area contributed by atoms with Crippen LogP contribution in [0.5, 0.6) is 0 Å². The lowest BCUT2D eigenvalue weighted by Gasteiger charge is -2.22. The lowest BCUT2D eigenvalue weighted by molar-refractivity contribution is -0.130. The van der Waals surface area contributed by atoms with Crippen molar-refractivity contribution in [2.24, 2.45) is 0 Å². The molecule has 2 aliphatic heterocycles. The normalized spacial score (nSPS) is 26.2.